The molecular formula is C12H18O4S2. The van der Waals surface area contributed by atoms with Gasteiger partial charge in [0, 0.05) is 0 Å². The second-order valence-corrected chi connectivity index (χ2v) is 6.21. The Labute approximate surface area is 118 Å². The first kappa shape index (κ1) is 14.1. The predicted molar refractivity (Wildman–Crippen MR) is 72.5 cm³/mol. The van der Waals surface area contributed by atoms with Crippen molar-refractivity contribution >= 4 is 37.2 Å². The second kappa shape index (κ2) is 5.33. The Balaban J connectivity index is 1.65. The van der Waals surface area contributed by atoms with Crippen LogP contribution in [0.3, 0.4) is 0 Å². The lowest BCUT2D eigenvalue weighted by Gasteiger charge is -2.11. The fraction of sp³-hybridized carbons (Fsp3) is 0.833. The van der Waals surface area contributed by atoms with Crippen LogP contribution in [0, 0.1) is 10.8 Å². The zero-order valence-corrected chi connectivity index (χ0v) is 12.0. The maximum Gasteiger partial charge on any atom is 0.356 e. The third-order valence-electron chi connectivity index (χ3n) is 3.85. The molecule has 0 N–H and O–H groups in total. The molecule has 0 heterocycles. The van der Waals surface area contributed by atoms with Gasteiger partial charge in [-0.1, -0.05) is 0 Å². The van der Waals surface area contributed by atoms with Gasteiger partial charge in [0.05, 0.1) is 12.8 Å². The van der Waals surface area contributed by atoms with Crippen LogP contribution in [0.5, 0.6) is 0 Å². The summed E-state index contributed by atoms with van der Waals surface area (Å²) in [5.74, 6) is 0.369. The van der Waals surface area contributed by atoms with E-state index in [9.17, 15) is 9.59 Å². The molecule has 6 heteroatoms. The van der Waals surface area contributed by atoms with Crippen molar-refractivity contribution in [2.24, 2.45) is 10.8 Å². The van der Waals surface area contributed by atoms with E-state index in [1.807, 2.05) is 0 Å². The normalized spacial score (nSPS) is 22.1. The second-order valence-electron chi connectivity index (χ2n) is 5.58. The SMILES string of the molecule is O=C(CC1(CS)CC1)OOC(=O)CC1(CS)CC1. The first-order chi connectivity index (χ1) is 8.53. The van der Waals surface area contributed by atoms with E-state index in [0.717, 1.165) is 25.7 Å². The molecule has 0 saturated heterocycles. The smallest absolute Gasteiger partial charge is 0.247 e. The molecule has 2 aliphatic carbocycles. The maximum absolute atomic E-state index is 11.5. The maximum atomic E-state index is 11.5. The first-order valence-corrected chi connectivity index (χ1v) is 7.42. The summed E-state index contributed by atoms with van der Waals surface area (Å²) >= 11 is 8.40. The lowest BCUT2D eigenvalue weighted by molar-refractivity contribution is -0.260. The molecule has 2 saturated carbocycles. The van der Waals surface area contributed by atoms with Crippen LogP contribution < -0.4 is 0 Å². The minimum Gasteiger partial charge on any atom is -0.247 e. The highest BCUT2D eigenvalue weighted by molar-refractivity contribution is 7.80. The molecule has 0 amide bonds. The van der Waals surface area contributed by atoms with Crippen molar-refractivity contribution in [3.8, 4) is 0 Å². The minimum atomic E-state index is -0.481. The molecule has 0 unspecified atom stereocenters. The summed E-state index contributed by atoms with van der Waals surface area (Å²) in [6.07, 6.45) is 4.51. The van der Waals surface area contributed by atoms with E-state index in [1.165, 1.54) is 0 Å². The fourth-order valence-corrected chi connectivity index (χ4v) is 2.76. The number of rotatable bonds is 6. The molecule has 0 bridgehead atoms. The zero-order valence-electron chi connectivity index (χ0n) is 10.2. The number of thiol groups is 2. The third-order valence-corrected chi connectivity index (χ3v) is 5.19. The Kier molecular flexibility index (Phi) is 4.16. The lowest BCUT2D eigenvalue weighted by atomic mass is 10.1. The molecule has 2 fully saturated rings. The van der Waals surface area contributed by atoms with Crippen LogP contribution in [-0.4, -0.2) is 23.4 Å². The van der Waals surface area contributed by atoms with Gasteiger partial charge < -0.3 is 0 Å². The molecule has 4 nitrogen and oxygen atoms in total. The number of carbonyl (C=O) groups is 2. The van der Waals surface area contributed by atoms with Gasteiger partial charge >= 0.3 is 11.9 Å². The van der Waals surface area contributed by atoms with Crippen molar-refractivity contribution in [3.05, 3.63) is 0 Å². The Hall–Kier alpha value is -0.360. The third kappa shape index (κ3) is 3.57. The first-order valence-electron chi connectivity index (χ1n) is 6.15. The highest BCUT2D eigenvalue weighted by atomic mass is 32.1. The summed E-state index contributed by atoms with van der Waals surface area (Å²) in [6, 6.07) is 0. The van der Waals surface area contributed by atoms with Gasteiger partial charge in [-0.05, 0) is 48.0 Å². The van der Waals surface area contributed by atoms with Crippen molar-refractivity contribution in [1.29, 1.82) is 0 Å². The van der Waals surface area contributed by atoms with E-state index < -0.39 is 11.9 Å². The van der Waals surface area contributed by atoms with E-state index in [1.54, 1.807) is 0 Å². The molecule has 0 radical (unpaired) electrons. The highest BCUT2D eigenvalue weighted by Gasteiger charge is 2.45. The lowest BCUT2D eigenvalue weighted by Crippen LogP contribution is -2.19. The van der Waals surface area contributed by atoms with Crippen LogP contribution in [-0.2, 0) is 19.4 Å². The number of hydrogen-bond acceptors (Lipinski definition) is 6. The van der Waals surface area contributed by atoms with Crippen LogP contribution in [0.4, 0.5) is 0 Å². The monoisotopic (exact) mass is 290 g/mol. The molecule has 2 aliphatic rings. The highest BCUT2D eigenvalue weighted by Crippen LogP contribution is 2.50. The van der Waals surface area contributed by atoms with Gasteiger partial charge in [0.15, 0.2) is 0 Å². The standard InChI is InChI=1S/C12H18O4S2/c13-9(5-11(7-17)1-2-11)15-16-10(14)6-12(8-18)3-4-12/h17-18H,1-8H2. The van der Waals surface area contributed by atoms with E-state index in [2.05, 4.69) is 35.0 Å². The van der Waals surface area contributed by atoms with Crippen LogP contribution in [0.1, 0.15) is 38.5 Å². The summed E-state index contributed by atoms with van der Waals surface area (Å²) in [5, 5.41) is 0. The Morgan fingerprint density at radius 1 is 0.833 bits per heavy atom. The van der Waals surface area contributed by atoms with Gasteiger partial charge in [0.2, 0.25) is 0 Å². The van der Waals surface area contributed by atoms with Crippen LogP contribution in [0.2, 0.25) is 0 Å². The summed E-state index contributed by atoms with van der Waals surface area (Å²) in [5.41, 5.74) is -0.0369. The molecule has 102 valence electrons. The molecule has 0 spiro atoms. The van der Waals surface area contributed by atoms with E-state index >= 15 is 0 Å². The molecule has 2 rings (SSSR count). The topological polar surface area (TPSA) is 52.6 Å². The van der Waals surface area contributed by atoms with Gasteiger partial charge in [-0.2, -0.15) is 25.3 Å². The zero-order chi connectivity index (χ0) is 13.2. The van der Waals surface area contributed by atoms with Crippen LogP contribution in [0.25, 0.3) is 0 Å². The summed E-state index contributed by atoms with van der Waals surface area (Å²) in [4.78, 5) is 32.0. The van der Waals surface area contributed by atoms with Crippen molar-refractivity contribution in [2.45, 2.75) is 38.5 Å². The molecule has 0 atom stereocenters. The summed E-state index contributed by atoms with van der Waals surface area (Å²) in [6.45, 7) is 0. The predicted octanol–water partition coefficient (Wildman–Crippen LogP) is 2.19. The Morgan fingerprint density at radius 2 is 1.17 bits per heavy atom. The Morgan fingerprint density at radius 3 is 1.39 bits per heavy atom. The summed E-state index contributed by atoms with van der Waals surface area (Å²) < 4.78 is 0. The van der Waals surface area contributed by atoms with Gasteiger partial charge in [0.1, 0.15) is 0 Å². The largest absolute Gasteiger partial charge is 0.356 e. The quantitative estimate of drug-likeness (QED) is 0.447. The number of hydrogen-bond donors (Lipinski definition) is 2. The van der Waals surface area contributed by atoms with Gasteiger partial charge in [-0.3, -0.25) is 0 Å². The Bertz CT molecular complexity index is 314. The van der Waals surface area contributed by atoms with Crippen molar-refractivity contribution in [3.63, 3.8) is 0 Å². The van der Waals surface area contributed by atoms with E-state index in [-0.39, 0.29) is 23.7 Å². The van der Waals surface area contributed by atoms with E-state index in [4.69, 9.17) is 0 Å². The van der Waals surface area contributed by atoms with Crippen molar-refractivity contribution in [2.75, 3.05) is 11.5 Å². The van der Waals surface area contributed by atoms with E-state index in [0.29, 0.717) is 11.5 Å². The number of carbonyl (C=O) groups excluding carboxylic acids is 2. The molecule has 18 heavy (non-hydrogen) atoms. The minimum absolute atomic E-state index is 0.0184. The van der Waals surface area contributed by atoms with Crippen LogP contribution >= 0.6 is 25.3 Å². The van der Waals surface area contributed by atoms with Gasteiger partial charge in [0.25, 0.3) is 0 Å². The van der Waals surface area contributed by atoms with Crippen LogP contribution in [0.15, 0.2) is 0 Å². The van der Waals surface area contributed by atoms with Gasteiger partial charge in [-0.15, -0.1) is 0 Å². The molecule has 0 aromatic rings. The van der Waals surface area contributed by atoms with Crippen molar-refractivity contribution in [1.82, 2.24) is 0 Å². The molecular weight excluding hydrogens is 272 g/mol. The van der Waals surface area contributed by atoms with Gasteiger partial charge in [-0.25, -0.2) is 19.4 Å². The average molecular weight is 290 g/mol. The molecule has 0 aromatic heterocycles. The summed E-state index contributed by atoms with van der Waals surface area (Å²) in [7, 11) is 0. The molecule has 0 aliphatic heterocycles. The average Bonchev–Trinajstić information content (AvgIpc) is 3.25. The molecule has 0 aromatic carbocycles. The van der Waals surface area contributed by atoms with Crippen molar-refractivity contribution < 1.29 is 19.4 Å². The fourth-order valence-electron chi connectivity index (χ4n) is 1.90.